The number of amides is 1. The Morgan fingerprint density at radius 1 is 1.10 bits per heavy atom. The summed E-state index contributed by atoms with van der Waals surface area (Å²) in [4.78, 5) is 47.9. The molecular weight excluding hydrogens is 426 g/mol. The molecule has 1 N–H and O–H groups in total. The third kappa shape index (κ3) is 7.25. The lowest BCUT2D eigenvalue weighted by Crippen LogP contribution is -2.52. The summed E-state index contributed by atoms with van der Waals surface area (Å²) in [5, 5.41) is 2.65. The highest BCUT2D eigenvalue weighted by atomic mass is 32.2. The molecule has 2 rings (SSSR count). The molecule has 1 amide bonds. The number of esters is 3. The van der Waals surface area contributed by atoms with Crippen molar-refractivity contribution in [3.63, 3.8) is 0 Å². The fraction of sp³-hybridized carbons (Fsp3) is 0.524. The molecule has 1 aromatic rings. The predicted octanol–water partition coefficient (Wildman–Crippen LogP) is 1.55. The van der Waals surface area contributed by atoms with Gasteiger partial charge < -0.3 is 24.3 Å². The van der Waals surface area contributed by atoms with Gasteiger partial charge in [-0.25, -0.2) is 4.79 Å². The Labute approximate surface area is 185 Å². The predicted molar refractivity (Wildman–Crippen MR) is 112 cm³/mol. The zero-order chi connectivity index (χ0) is 23.0. The molecule has 1 aromatic carbocycles. The van der Waals surface area contributed by atoms with Crippen molar-refractivity contribution in [3.05, 3.63) is 35.9 Å². The molecule has 170 valence electrons. The van der Waals surface area contributed by atoms with Crippen LogP contribution >= 0.6 is 11.8 Å². The molecule has 0 aromatic heterocycles. The minimum Gasteiger partial charge on any atom is -0.467 e. The van der Waals surface area contributed by atoms with E-state index in [1.54, 1.807) is 30.3 Å². The second kappa shape index (κ2) is 11.7. The number of nitrogens with one attached hydrogen (secondary N) is 1. The normalized spacial score (nSPS) is 23.9. The van der Waals surface area contributed by atoms with Gasteiger partial charge in [-0.2, -0.15) is 0 Å². The van der Waals surface area contributed by atoms with Gasteiger partial charge in [-0.3, -0.25) is 14.4 Å². The first kappa shape index (κ1) is 24.7. The molecule has 1 aliphatic heterocycles. The van der Waals surface area contributed by atoms with Crippen molar-refractivity contribution < 1.29 is 38.1 Å². The van der Waals surface area contributed by atoms with Crippen LogP contribution in [0.2, 0.25) is 0 Å². The highest BCUT2D eigenvalue weighted by Gasteiger charge is 2.44. The molecule has 1 saturated heterocycles. The second-order valence-electron chi connectivity index (χ2n) is 7.08. The average Bonchev–Trinajstić information content (AvgIpc) is 2.74. The fourth-order valence-corrected chi connectivity index (χ4v) is 4.26. The number of thioether (sulfide) groups is 1. The first-order valence-corrected chi connectivity index (χ1v) is 10.8. The Morgan fingerprint density at radius 2 is 1.71 bits per heavy atom. The second-order valence-corrected chi connectivity index (χ2v) is 8.21. The van der Waals surface area contributed by atoms with Crippen molar-refractivity contribution in [1.29, 1.82) is 0 Å². The smallest absolute Gasteiger partial charge is 0.329 e. The lowest BCUT2D eigenvalue weighted by atomic mass is 9.98. The van der Waals surface area contributed by atoms with Gasteiger partial charge in [-0.1, -0.05) is 25.1 Å². The maximum Gasteiger partial charge on any atom is 0.329 e. The van der Waals surface area contributed by atoms with E-state index in [-0.39, 0.29) is 18.3 Å². The molecule has 0 radical (unpaired) electrons. The van der Waals surface area contributed by atoms with Crippen LogP contribution in [0.4, 0.5) is 0 Å². The first-order valence-electron chi connectivity index (χ1n) is 9.74. The third-order valence-corrected chi connectivity index (χ3v) is 5.79. The van der Waals surface area contributed by atoms with E-state index < -0.39 is 47.5 Å². The summed E-state index contributed by atoms with van der Waals surface area (Å²) < 4.78 is 21.4. The first-order chi connectivity index (χ1) is 14.7. The van der Waals surface area contributed by atoms with Gasteiger partial charge in [0.05, 0.1) is 13.7 Å². The number of carbonyl (C=O) groups is 4. The third-order valence-electron chi connectivity index (χ3n) is 4.53. The summed E-state index contributed by atoms with van der Waals surface area (Å²) in [5.41, 5.74) is -0.304. The summed E-state index contributed by atoms with van der Waals surface area (Å²) in [7, 11) is 1.23. The van der Waals surface area contributed by atoms with Crippen LogP contribution < -0.4 is 5.32 Å². The maximum atomic E-state index is 12.5. The molecule has 10 heteroatoms. The molecule has 0 spiro atoms. The van der Waals surface area contributed by atoms with E-state index in [9.17, 15) is 19.2 Å². The minimum absolute atomic E-state index is 0.0921. The maximum absolute atomic E-state index is 12.5. The quantitative estimate of drug-likeness (QED) is 0.462. The Balaban J connectivity index is 2.11. The summed E-state index contributed by atoms with van der Waals surface area (Å²) in [6, 6.07) is 7.50. The van der Waals surface area contributed by atoms with Crippen molar-refractivity contribution in [2.75, 3.05) is 19.5 Å². The Kier molecular flexibility index (Phi) is 9.32. The van der Waals surface area contributed by atoms with Crippen molar-refractivity contribution in [3.8, 4) is 0 Å². The van der Waals surface area contributed by atoms with Gasteiger partial charge in [0.2, 0.25) is 0 Å². The number of benzene rings is 1. The van der Waals surface area contributed by atoms with E-state index in [0.29, 0.717) is 5.56 Å². The molecule has 1 fully saturated rings. The van der Waals surface area contributed by atoms with Crippen molar-refractivity contribution >= 4 is 35.6 Å². The van der Waals surface area contributed by atoms with E-state index >= 15 is 0 Å². The van der Waals surface area contributed by atoms with Crippen LogP contribution in [0, 0.1) is 5.92 Å². The fourth-order valence-electron chi connectivity index (χ4n) is 3.08. The van der Waals surface area contributed by atoms with E-state index in [1.165, 1.54) is 21.0 Å². The number of hydrogen-bond donors (Lipinski definition) is 1. The van der Waals surface area contributed by atoms with Gasteiger partial charge in [0.1, 0.15) is 17.6 Å². The van der Waals surface area contributed by atoms with Crippen LogP contribution in [0.1, 0.15) is 31.1 Å². The molecule has 0 unspecified atom stereocenters. The van der Waals surface area contributed by atoms with E-state index in [2.05, 4.69) is 5.32 Å². The van der Waals surface area contributed by atoms with E-state index in [4.69, 9.17) is 18.9 Å². The highest BCUT2D eigenvalue weighted by Crippen LogP contribution is 2.32. The van der Waals surface area contributed by atoms with Crippen molar-refractivity contribution in [2.45, 2.75) is 44.5 Å². The number of carbonyl (C=O) groups excluding carboxylic acids is 4. The molecule has 0 saturated carbocycles. The largest absolute Gasteiger partial charge is 0.467 e. The monoisotopic (exact) mass is 453 g/mol. The molecule has 5 atom stereocenters. The number of methoxy groups -OCH3 is 1. The molecule has 31 heavy (non-hydrogen) atoms. The van der Waals surface area contributed by atoms with Gasteiger partial charge in [0.15, 0.2) is 6.10 Å². The van der Waals surface area contributed by atoms with Crippen LogP contribution in [0.25, 0.3) is 0 Å². The molecule has 9 nitrogen and oxygen atoms in total. The molecule has 0 aliphatic carbocycles. The summed E-state index contributed by atoms with van der Waals surface area (Å²) in [6.45, 7) is 4.62. The van der Waals surface area contributed by atoms with Crippen LogP contribution in [0.5, 0.6) is 0 Å². The van der Waals surface area contributed by atoms with Crippen LogP contribution in [-0.4, -0.2) is 67.0 Å². The topological polar surface area (TPSA) is 117 Å². The van der Waals surface area contributed by atoms with Gasteiger partial charge in [0.25, 0.3) is 5.91 Å². The van der Waals surface area contributed by atoms with E-state index in [1.807, 2.05) is 6.92 Å². The van der Waals surface area contributed by atoms with E-state index in [0.717, 1.165) is 11.8 Å². The van der Waals surface area contributed by atoms with Crippen LogP contribution in [-0.2, 0) is 33.3 Å². The lowest BCUT2D eigenvalue weighted by Gasteiger charge is -2.40. The van der Waals surface area contributed by atoms with Crippen molar-refractivity contribution in [2.24, 2.45) is 5.92 Å². The Hall–Kier alpha value is -2.59. The van der Waals surface area contributed by atoms with Crippen LogP contribution in [0.3, 0.4) is 0 Å². The Bertz CT molecular complexity index is 787. The summed E-state index contributed by atoms with van der Waals surface area (Å²) in [5.74, 6) is -2.20. The Morgan fingerprint density at radius 3 is 2.29 bits per heavy atom. The summed E-state index contributed by atoms with van der Waals surface area (Å²) in [6.07, 6.45) is -1.55. The van der Waals surface area contributed by atoms with Crippen LogP contribution in [0.15, 0.2) is 30.3 Å². The standard InChI is InChI=1S/C21H27NO8S/c1-12-10-28-21(18(30-14(3)24)17(12)29-13(2)23)31-11-16(20(26)27-4)22-19(25)15-8-6-5-7-9-15/h5-9,12,16-18,21H,10-11H2,1-4H3,(H,22,25)/t12-,16+,17-,18+,21+/m1/s1. The zero-order valence-electron chi connectivity index (χ0n) is 17.9. The van der Waals surface area contributed by atoms with Gasteiger partial charge in [0, 0.05) is 31.1 Å². The average molecular weight is 454 g/mol. The molecular formula is C21H27NO8S. The summed E-state index contributed by atoms with van der Waals surface area (Å²) >= 11 is 1.16. The molecule has 1 heterocycles. The van der Waals surface area contributed by atoms with Gasteiger partial charge in [-0.15, -0.1) is 11.8 Å². The number of ether oxygens (including phenoxy) is 4. The minimum atomic E-state index is -0.962. The van der Waals surface area contributed by atoms with Gasteiger partial charge >= 0.3 is 17.9 Å². The van der Waals surface area contributed by atoms with Gasteiger partial charge in [-0.05, 0) is 12.1 Å². The molecule has 1 aliphatic rings. The SMILES string of the molecule is COC(=O)[C@H](CS[C@@H]1OC[C@@H](C)[C@@H](OC(C)=O)[C@@H]1OC(C)=O)NC(=O)c1ccccc1. The zero-order valence-corrected chi connectivity index (χ0v) is 18.7. The van der Waals surface area contributed by atoms with Crippen molar-refractivity contribution in [1.82, 2.24) is 5.32 Å². The number of rotatable bonds is 8. The number of hydrogen-bond acceptors (Lipinski definition) is 9. The lowest BCUT2D eigenvalue weighted by molar-refractivity contribution is -0.192. The molecule has 0 bridgehead atoms. The highest BCUT2D eigenvalue weighted by molar-refractivity contribution is 7.99.